The fraction of sp³-hybridized carbons (Fsp3) is 0.0667. The Morgan fingerprint density at radius 1 is 1.15 bits per heavy atom. The third-order valence-electron chi connectivity index (χ3n) is 2.76. The average molecular weight is 334 g/mol. The molecule has 0 bridgehead atoms. The van der Waals surface area contributed by atoms with Gasteiger partial charge in [0.25, 0.3) is 5.69 Å². The van der Waals surface area contributed by atoms with E-state index in [1.165, 1.54) is 6.07 Å². The summed E-state index contributed by atoms with van der Waals surface area (Å²) in [6.07, 6.45) is 3.55. The fourth-order valence-electron chi connectivity index (χ4n) is 1.73. The Bertz CT molecular complexity index is 651. The van der Waals surface area contributed by atoms with Crippen LogP contribution in [-0.4, -0.2) is 12.0 Å². The molecule has 0 aliphatic rings. The van der Waals surface area contributed by atoms with E-state index in [1.54, 1.807) is 25.3 Å². The summed E-state index contributed by atoms with van der Waals surface area (Å²) in [4.78, 5) is 10.6. The van der Waals surface area contributed by atoms with Gasteiger partial charge >= 0.3 is 0 Å². The van der Waals surface area contributed by atoms with Crippen LogP contribution in [0.15, 0.2) is 46.9 Å². The Morgan fingerprint density at radius 2 is 1.85 bits per heavy atom. The number of hydrogen-bond donors (Lipinski definition) is 0. The van der Waals surface area contributed by atoms with Gasteiger partial charge in [-0.05, 0) is 35.9 Å². The minimum atomic E-state index is -0.389. The van der Waals surface area contributed by atoms with Crippen molar-refractivity contribution in [3.8, 4) is 5.75 Å². The third kappa shape index (κ3) is 3.45. The molecule has 0 amide bonds. The van der Waals surface area contributed by atoms with E-state index in [0.717, 1.165) is 15.8 Å². The first kappa shape index (κ1) is 14.3. The zero-order chi connectivity index (χ0) is 14.5. The Kier molecular flexibility index (Phi) is 4.53. The van der Waals surface area contributed by atoms with Gasteiger partial charge in [0.05, 0.1) is 17.6 Å². The number of nitro benzene ring substituents is 1. The first-order valence-corrected chi connectivity index (χ1v) is 6.65. The van der Waals surface area contributed by atoms with E-state index in [9.17, 15) is 10.1 Å². The molecule has 2 aromatic rings. The molecule has 0 fully saturated rings. The molecule has 0 aromatic heterocycles. The molecule has 0 saturated heterocycles. The van der Waals surface area contributed by atoms with Crippen LogP contribution in [0.2, 0.25) is 0 Å². The van der Waals surface area contributed by atoms with E-state index >= 15 is 0 Å². The largest absolute Gasteiger partial charge is 0.497 e. The van der Waals surface area contributed by atoms with Gasteiger partial charge in [0.1, 0.15) is 5.75 Å². The van der Waals surface area contributed by atoms with Crippen molar-refractivity contribution >= 4 is 33.8 Å². The number of methoxy groups -OCH3 is 1. The first-order chi connectivity index (χ1) is 9.60. The highest BCUT2D eigenvalue weighted by molar-refractivity contribution is 9.10. The number of benzene rings is 2. The van der Waals surface area contributed by atoms with E-state index in [-0.39, 0.29) is 10.6 Å². The van der Waals surface area contributed by atoms with Gasteiger partial charge < -0.3 is 4.74 Å². The van der Waals surface area contributed by atoms with Crippen LogP contribution < -0.4 is 4.74 Å². The third-order valence-corrected chi connectivity index (χ3v) is 3.25. The summed E-state index contributed by atoms with van der Waals surface area (Å²) in [6.45, 7) is 0. The summed E-state index contributed by atoms with van der Waals surface area (Å²) < 4.78 is 5.88. The molecule has 2 aromatic carbocycles. The highest BCUT2D eigenvalue weighted by Gasteiger charge is 2.10. The quantitative estimate of drug-likeness (QED) is 0.469. The molecule has 0 N–H and O–H groups in total. The van der Waals surface area contributed by atoms with Crippen LogP contribution in [0.1, 0.15) is 11.1 Å². The zero-order valence-corrected chi connectivity index (χ0v) is 12.3. The average Bonchev–Trinajstić information content (AvgIpc) is 2.45. The van der Waals surface area contributed by atoms with E-state index in [4.69, 9.17) is 4.74 Å². The smallest absolute Gasteiger partial charge is 0.276 e. The number of ether oxygens (including phenoxy) is 1. The lowest BCUT2D eigenvalue weighted by molar-refractivity contribution is -0.385. The summed E-state index contributed by atoms with van der Waals surface area (Å²) in [5, 5.41) is 11.0. The normalized spacial score (nSPS) is 10.7. The monoisotopic (exact) mass is 333 g/mol. The maximum atomic E-state index is 11.0. The SMILES string of the molecule is COc1ccc(/C=C/c2cc(Br)ccc2[N+](=O)[O-])cc1. The molecular weight excluding hydrogens is 322 g/mol. The van der Waals surface area contributed by atoms with Crippen LogP contribution in [-0.2, 0) is 0 Å². The molecule has 2 rings (SSSR count). The minimum Gasteiger partial charge on any atom is -0.497 e. The highest BCUT2D eigenvalue weighted by Crippen LogP contribution is 2.25. The number of rotatable bonds is 4. The molecule has 0 aliphatic heterocycles. The molecule has 0 heterocycles. The second-order valence-electron chi connectivity index (χ2n) is 4.07. The van der Waals surface area contributed by atoms with Crippen molar-refractivity contribution in [1.29, 1.82) is 0 Å². The summed E-state index contributed by atoms with van der Waals surface area (Å²) in [5.74, 6) is 0.774. The number of halogens is 1. The molecule has 0 aliphatic carbocycles. The van der Waals surface area contributed by atoms with Crippen LogP contribution in [0.3, 0.4) is 0 Å². The summed E-state index contributed by atoms with van der Waals surface area (Å²) in [6, 6.07) is 12.3. The predicted molar refractivity (Wildman–Crippen MR) is 82.7 cm³/mol. The van der Waals surface area contributed by atoms with Gasteiger partial charge in [-0.15, -0.1) is 0 Å². The summed E-state index contributed by atoms with van der Waals surface area (Å²) in [5.41, 5.74) is 1.58. The van der Waals surface area contributed by atoms with Crippen molar-refractivity contribution in [2.24, 2.45) is 0 Å². The van der Waals surface area contributed by atoms with Crippen LogP contribution in [0.25, 0.3) is 12.2 Å². The molecular formula is C15H12BrNO3. The molecule has 0 spiro atoms. The molecule has 102 valence electrons. The van der Waals surface area contributed by atoms with Crippen molar-refractivity contribution in [2.45, 2.75) is 0 Å². The van der Waals surface area contributed by atoms with Crippen LogP contribution in [0.4, 0.5) is 5.69 Å². The van der Waals surface area contributed by atoms with Crippen molar-refractivity contribution < 1.29 is 9.66 Å². The first-order valence-electron chi connectivity index (χ1n) is 5.86. The second kappa shape index (κ2) is 6.34. The number of hydrogen-bond acceptors (Lipinski definition) is 3. The van der Waals surface area contributed by atoms with Crippen molar-refractivity contribution in [2.75, 3.05) is 7.11 Å². The van der Waals surface area contributed by atoms with E-state index in [1.807, 2.05) is 30.3 Å². The molecule has 20 heavy (non-hydrogen) atoms. The predicted octanol–water partition coefficient (Wildman–Crippen LogP) is 4.54. The van der Waals surface area contributed by atoms with Crippen molar-refractivity contribution in [3.63, 3.8) is 0 Å². The van der Waals surface area contributed by atoms with Gasteiger partial charge in [-0.1, -0.05) is 34.1 Å². The van der Waals surface area contributed by atoms with Gasteiger partial charge in [0.15, 0.2) is 0 Å². The Hall–Kier alpha value is -2.14. The Labute approximate surface area is 125 Å². The topological polar surface area (TPSA) is 52.4 Å². The summed E-state index contributed by atoms with van der Waals surface area (Å²) in [7, 11) is 1.61. The Balaban J connectivity index is 2.30. The van der Waals surface area contributed by atoms with Gasteiger partial charge in [-0.3, -0.25) is 10.1 Å². The van der Waals surface area contributed by atoms with Crippen LogP contribution in [0.5, 0.6) is 5.75 Å². The van der Waals surface area contributed by atoms with Crippen molar-refractivity contribution in [1.82, 2.24) is 0 Å². The molecule has 0 radical (unpaired) electrons. The van der Waals surface area contributed by atoms with E-state index < -0.39 is 0 Å². The van der Waals surface area contributed by atoms with E-state index in [0.29, 0.717) is 5.56 Å². The highest BCUT2D eigenvalue weighted by atomic mass is 79.9. The lowest BCUT2D eigenvalue weighted by Gasteiger charge is -2.00. The van der Waals surface area contributed by atoms with Crippen molar-refractivity contribution in [3.05, 3.63) is 68.2 Å². The van der Waals surface area contributed by atoms with Gasteiger partial charge in [-0.25, -0.2) is 0 Å². The molecule has 4 nitrogen and oxygen atoms in total. The number of nitrogens with zero attached hydrogens (tertiary/aromatic N) is 1. The molecule has 0 saturated carbocycles. The lowest BCUT2D eigenvalue weighted by Crippen LogP contribution is -1.91. The maximum Gasteiger partial charge on any atom is 0.276 e. The standard InChI is InChI=1S/C15H12BrNO3/c1-20-14-7-3-11(4-8-14)2-5-12-10-13(16)6-9-15(12)17(18)19/h2-10H,1H3/b5-2+. The van der Waals surface area contributed by atoms with Gasteiger partial charge in [-0.2, -0.15) is 0 Å². The van der Waals surface area contributed by atoms with Crippen LogP contribution >= 0.6 is 15.9 Å². The minimum absolute atomic E-state index is 0.0814. The summed E-state index contributed by atoms with van der Waals surface area (Å²) >= 11 is 3.32. The molecule has 0 unspecified atom stereocenters. The van der Waals surface area contributed by atoms with Gasteiger partial charge in [0.2, 0.25) is 0 Å². The lowest BCUT2D eigenvalue weighted by atomic mass is 10.1. The maximum absolute atomic E-state index is 11.0. The zero-order valence-electron chi connectivity index (χ0n) is 10.7. The fourth-order valence-corrected chi connectivity index (χ4v) is 2.10. The number of nitro groups is 1. The van der Waals surface area contributed by atoms with E-state index in [2.05, 4.69) is 15.9 Å². The molecule has 0 atom stereocenters. The second-order valence-corrected chi connectivity index (χ2v) is 4.98. The Morgan fingerprint density at radius 3 is 2.45 bits per heavy atom. The van der Waals surface area contributed by atoms with Crippen LogP contribution in [0, 0.1) is 10.1 Å². The van der Waals surface area contributed by atoms with Gasteiger partial charge in [0, 0.05) is 10.5 Å². The molecule has 5 heteroatoms.